The van der Waals surface area contributed by atoms with Crippen molar-refractivity contribution < 1.29 is 18.3 Å². The van der Waals surface area contributed by atoms with Crippen LogP contribution >= 0.6 is 0 Å². The summed E-state index contributed by atoms with van der Waals surface area (Å²) in [5.41, 5.74) is 0.917. The largest absolute Gasteiger partial charge is 0.464 e. The molecule has 0 atom stereocenters. The van der Waals surface area contributed by atoms with Crippen molar-refractivity contribution in [1.29, 1.82) is 0 Å². The highest BCUT2D eigenvalue weighted by Crippen LogP contribution is 2.20. The van der Waals surface area contributed by atoms with Gasteiger partial charge in [-0.15, -0.1) is 5.10 Å². The molecule has 7 heteroatoms. The van der Waals surface area contributed by atoms with Gasteiger partial charge < -0.3 is 4.74 Å². The van der Waals surface area contributed by atoms with E-state index in [9.17, 15) is 13.6 Å². The quantitative estimate of drug-likeness (QED) is 0.813. The highest BCUT2D eigenvalue weighted by Gasteiger charge is 2.23. The average Bonchev–Trinajstić information content (AvgIpc) is 2.85. The first-order valence-corrected chi connectivity index (χ1v) is 6.39. The molecule has 1 aromatic carbocycles. The number of benzene rings is 1. The lowest BCUT2D eigenvalue weighted by Crippen LogP contribution is -2.12. The van der Waals surface area contributed by atoms with E-state index < -0.39 is 17.6 Å². The van der Waals surface area contributed by atoms with E-state index in [1.807, 2.05) is 13.8 Å². The fourth-order valence-electron chi connectivity index (χ4n) is 2.06. The molecule has 0 aliphatic carbocycles. The van der Waals surface area contributed by atoms with Crippen molar-refractivity contribution >= 4 is 5.97 Å². The third-order valence-corrected chi connectivity index (χ3v) is 3.03. The number of methoxy groups -OCH3 is 1. The van der Waals surface area contributed by atoms with Gasteiger partial charge in [-0.3, -0.25) is 0 Å². The molecule has 1 aromatic heterocycles. The Morgan fingerprint density at radius 3 is 2.67 bits per heavy atom. The number of hydrogen-bond acceptors (Lipinski definition) is 4. The predicted octanol–water partition coefficient (Wildman–Crippen LogP) is 2.51. The maximum Gasteiger partial charge on any atom is 0.360 e. The van der Waals surface area contributed by atoms with E-state index in [0.29, 0.717) is 5.69 Å². The predicted molar refractivity (Wildman–Crippen MR) is 70.9 cm³/mol. The van der Waals surface area contributed by atoms with Crippen molar-refractivity contribution in [3.63, 3.8) is 0 Å². The molecule has 2 rings (SSSR count). The second-order valence-corrected chi connectivity index (χ2v) is 4.86. The van der Waals surface area contributed by atoms with Gasteiger partial charge in [0.25, 0.3) is 0 Å². The zero-order chi connectivity index (χ0) is 15.6. The molecule has 0 radical (unpaired) electrons. The van der Waals surface area contributed by atoms with Gasteiger partial charge in [0.2, 0.25) is 0 Å². The zero-order valence-corrected chi connectivity index (χ0v) is 11.9. The molecule has 5 nitrogen and oxygen atoms in total. The van der Waals surface area contributed by atoms with E-state index in [4.69, 9.17) is 0 Å². The Bertz CT molecular complexity index is 668. The first-order chi connectivity index (χ1) is 9.93. The minimum atomic E-state index is -0.667. The third kappa shape index (κ3) is 3.07. The van der Waals surface area contributed by atoms with Crippen molar-refractivity contribution in [2.45, 2.75) is 26.3 Å². The Morgan fingerprint density at radius 2 is 2.10 bits per heavy atom. The Morgan fingerprint density at radius 1 is 1.38 bits per heavy atom. The first-order valence-electron chi connectivity index (χ1n) is 6.39. The summed E-state index contributed by atoms with van der Waals surface area (Å²) in [5.74, 6) is -1.96. The molecule has 0 amide bonds. The van der Waals surface area contributed by atoms with Crippen LogP contribution in [0.2, 0.25) is 0 Å². The SMILES string of the molecule is COC(=O)c1nnn(Cc2ccc(F)cc2F)c1C(C)C. The van der Waals surface area contributed by atoms with Crippen LogP contribution in [0.3, 0.4) is 0 Å². The maximum atomic E-state index is 13.7. The molecule has 0 aliphatic heterocycles. The number of carbonyl (C=O) groups is 1. The number of ether oxygens (including phenoxy) is 1. The van der Waals surface area contributed by atoms with E-state index in [0.717, 1.165) is 6.07 Å². The van der Waals surface area contributed by atoms with Gasteiger partial charge in [-0.05, 0) is 12.0 Å². The van der Waals surface area contributed by atoms with Crippen LogP contribution in [0, 0.1) is 11.6 Å². The highest BCUT2D eigenvalue weighted by atomic mass is 19.1. The number of rotatable bonds is 4. The molecule has 0 bridgehead atoms. The number of carbonyl (C=O) groups excluding carboxylic acids is 1. The summed E-state index contributed by atoms with van der Waals surface area (Å²) in [7, 11) is 1.26. The van der Waals surface area contributed by atoms with E-state index in [-0.39, 0.29) is 23.7 Å². The molecule has 0 saturated carbocycles. The molecule has 0 unspecified atom stereocenters. The molecule has 0 fully saturated rings. The fourth-order valence-corrected chi connectivity index (χ4v) is 2.06. The third-order valence-electron chi connectivity index (χ3n) is 3.03. The fraction of sp³-hybridized carbons (Fsp3) is 0.357. The minimum absolute atomic E-state index is 0.0578. The number of esters is 1. The molecule has 112 valence electrons. The van der Waals surface area contributed by atoms with Crippen molar-refractivity contribution in [2.24, 2.45) is 0 Å². The second-order valence-electron chi connectivity index (χ2n) is 4.86. The van der Waals surface area contributed by atoms with Gasteiger partial charge in [-0.2, -0.15) is 0 Å². The van der Waals surface area contributed by atoms with Crippen LogP contribution in [0.15, 0.2) is 18.2 Å². The van der Waals surface area contributed by atoms with Crippen molar-refractivity contribution in [3.05, 3.63) is 46.8 Å². The molecule has 0 aliphatic rings. The second kappa shape index (κ2) is 5.99. The van der Waals surface area contributed by atoms with Crippen molar-refractivity contribution in [3.8, 4) is 0 Å². The van der Waals surface area contributed by atoms with Gasteiger partial charge >= 0.3 is 5.97 Å². The standard InChI is InChI=1S/C14H15F2N3O2/c1-8(2)13-12(14(20)21-3)17-18-19(13)7-9-4-5-10(15)6-11(9)16/h4-6,8H,7H2,1-3H3. The lowest BCUT2D eigenvalue weighted by atomic mass is 10.1. The molecular weight excluding hydrogens is 280 g/mol. The van der Waals surface area contributed by atoms with E-state index in [2.05, 4.69) is 15.0 Å². The number of nitrogens with zero attached hydrogens (tertiary/aromatic N) is 3. The van der Waals surface area contributed by atoms with Crippen molar-refractivity contribution in [2.75, 3.05) is 7.11 Å². The smallest absolute Gasteiger partial charge is 0.360 e. The van der Waals surface area contributed by atoms with Crippen LogP contribution in [0.1, 0.15) is 41.5 Å². The summed E-state index contributed by atoms with van der Waals surface area (Å²) in [6.45, 7) is 3.79. The van der Waals surface area contributed by atoms with Crippen LogP contribution in [-0.4, -0.2) is 28.1 Å². The average molecular weight is 295 g/mol. The number of aromatic nitrogens is 3. The lowest BCUT2D eigenvalue weighted by Gasteiger charge is -2.11. The summed E-state index contributed by atoms with van der Waals surface area (Å²) in [5, 5.41) is 7.66. The molecular formula is C14H15F2N3O2. The Hall–Kier alpha value is -2.31. The monoisotopic (exact) mass is 295 g/mol. The van der Waals surface area contributed by atoms with Gasteiger partial charge in [-0.1, -0.05) is 25.1 Å². The van der Waals surface area contributed by atoms with Gasteiger partial charge in [0, 0.05) is 11.6 Å². The molecule has 2 aromatic rings. The molecule has 0 N–H and O–H groups in total. The Balaban J connectivity index is 2.40. The Kier molecular flexibility index (Phi) is 4.30. The topological polar surface area (TPSA) is 57.0 Å². The van der Waals surface area contributed by atoms with Gasteiger partial charge in [-0.25, -0.2) is 18.3 Å². The molecule has 0 saturated heterocycles. The van der Waals surface area contributed by atoms with E-state index in [1.165, 1.54) is 23.9 Å². The van der Waals surface area contributed by atoms with Gasteiger partial charge in [0.05, 0.1) is 19.3 Å². The summed E-state index contributed by atoms with van der Waals surface area (Å²) < 4.78 is 32.7. The number of halogens is 2. The zero-order valence-electron chi connectivity index (χ0n) is 11.9. The van der Waals surface area contributed by atoms with Crippen LogP contribution < -0.4 is 0 Å². The Labute approximate surface area is 120 Å². The molecule has 0 spiro atoms. The number of hydrogen-bond donors (Lipinski definition) is 0. The summed E-state index contributed by atoms with van der Waals surface area (Å²) >= 11 is 0. The van der Waals surface area contributed by atoms with Crippen LogP contribution in [0.5, 0.6) is 0 Å². The highest BCUT2D eigenvalue weighted by molar-refractivity contribution is 5.88. The molecule has 21 heavy (non-hydrogen) atoms. The van der Waals surface area contributed by atoms with E-state index in [1.54, 1.807) is 0 Å². The van der Waals surface area contributed by atoms with Crippen molar-refractivity contribution in [1.82, 2.24) is 15.0 Å². The van der Waals surface area contributed by atoms with Crippen LogP contribution in [-0.2, 0) is 11.3 Å². The lowest BCUT2D eigenvalue weighted by molar-refractivity contribution is 0.0592. The van der Waals surface area contributed by atoms with Gasteiger partial charge in [0.15, 0.2) is 5.69 Å². The van der Waals surface area contributed by atoms with Crippen LogP contribution in [0.25, 0.3) is 0 Å². The van der Waals surface area contributed by atoms with Gasteiger partial charge in [0.1, 0.15) is 11.6 Å². The first kappa shape index (κ1) is 15.1. The summed E-state index contributed by atoms with van der Waals surface area (Å²) in [6, 6.07) is 3.32. The molecule has 1 heterocycles. The van der Waals surface area contributed by atoms with Crippen LogP contribution in [0.4, 0.5) is 8.78 Å². The van der Waals surface area contributed by atoms with E-state index >= 15 is 0 Å². The minimum Gasteiger partial charge on any atom is -0.464 e. The maximum absolute atomic E-state index is 13.7. The summed E-state index contributed by atoms with van der Waals surface area (Å²) in [4.78, 5) is 11.7. The summed E-state index contributed by atoms with van der Waals surface area (Å²) in [6.07, 6.45) is 0. The normalized spacial score (nSPS) is 11.0.